The molecule has 108 valence electrons. The van der Waals surface area contributed by atoms with E-state index in [1.807, 2.05) is 0 Å². The summed E-state index contributed by atoms with van der Waals surface area (Å²) in [6.45, 7) is 0. The molecule has 2 unspecified atom stereocenters. The van der Waals surface area contributed by atoms with E-state index >= 15 is 0 Å². The molecule has 2 aliphatic heterocycles. The largest absolute Gasteiger partial charge is 0.301 e. The number of hydrogen-bond donors (Lipinski definition) is 0. The Morgan fingerprint density at radius 1 is 1.11 bits per heavy atom. The van der Waals surface area contributed by atoms with Gasteiger partial charge in [0, 0.05) is 30.8 Å². The summed E-state index contributed by atoms with van der Waals surface area (Å²) in [4.78, 5) is 14.4. The Labute approximate surface area is 111 Å². The SMILES string of the molecule is CN1C2CCCC1CC(C(=O)CCC(F)=C(F)F)C2. The first kappa shape index (κ1) is 14.6. The van der Waals surface area contributed by atoms with Crippen LogP contribution in [0.15, 0.2) is 11.9 Å². The normalized spacial score (nSPS) is 31.1. The summed E-state index contributed by atoms with van der Waals surface area (Å²) >= 11 is 0. The highest BCUT2D eigenvalue weighted by molar-refractivity contribution is 5.81. The van der Waals surface area contributed by atoms with E-state index in [2.05, 4.69) is 11.9 Å². The third-order valence-electron chi connectivity index (χ3n) is 4.59. The number of Topliss-reactive ketones (excluding diaryl/α,β-unsaturated/α-hetero) is 1. The van der Waals surface area contributed by atoms with E-state index in [4.69, 9.17) is 0 Å². The van der Waals surface area contributed by atoms with Crippen molar-refractivity contribution in [3.63, 3.8) is 0 Å². The molecule has 0 amide bonds. The van der Waals surface area contributed by atoms with Crippen LogP contribution in [0.5, 0.6) is 0 Å². The summed E-state index contributed by atoms with van der Waals surface area (Å²) in [5.74, 6) is -1.56. The number of halogens is 3. The summed E-state index contributed by atoms with van der Waals surface area (Å²) < 4.78 is 36.6. The van der Waals surface area contributed by atoms with Crippen molar-refractivity contribution < 1.29 is 18.0 Å². The van der Waals surface area contributed by atoms with Gasteiger partial charge in [-0.05, 0) is 32.7 Å². The highest BCUT2D eigenvalue weighted by Crippen LogP contribution is 2.36. The molecule has 0 radical (unpaired) electrons. The van der Waals surface area contributed by atoms with E-state index in [0.717, 1.165) is 25.7 Å². The van der Waals surface area contributed by atoms with Crippen LogP contribution in [-0.4, -0.2) is 29.8 Å². The molecular weight excluding hydrogens is 255 g/mol. The zero-order valence-corrected chi connectivity index (χ0v) is 11.2. The maximum atomic E-state index is 12.7. The van der Waals surface area contributed by atoms with E-state index in [-0.39, 0.29) is 18.1 Å². The minimum Gasteiger partial charge on any atom is -0.300 e. The molecule has 2 heterocycles. The Morgan fingerprint density at radius 3 is 2.21 bits per heavy atom. The van der Waals surface area contributed by atoms with Gasteiger partial charge in [0.25, 0.3) is 0 Å². The van der Waals surface area contributed by atoms with Crippen molar-refractivity contribution in [3.05, 3.63) is 11.9 Å². The molecule has 2 atom stereocenters. The first-order valence-corrected chi connectivity index (χ1v) is 6.93. The highest BCUT2D eigenvalue weighted by Gasteiger charge is 2.38. The van der Waals surface area contributed by atoms with Gasteiger partial charge in [-0.1, -0.05) is 6.42 Å². The molecular formula is C14H20F3NO. The monoisotopic (exact) mass is 275 g/mol. The number of carbonyl (C=O) groups excluding carboxylic acids is 1. The van der Waals surface area contributed by atoms with Gasteiger partial charge in [0.15, 0.2) is 5.83 Å². The molecule has 2 saturated heterocycles. The lowest BCUT2D eigenvalue weighted by Gasteiger charge is -2.46. The molecule has 0 aromatic heterocycles. The molecule has 19 heavy (non-hydrogen) atoms. The van der Waals surface area contributed by atoms with Crippen molar-refractivity contribution >= 4 is 5.78 Å². The van der Waals surface area contributed by atoms with Gasteiger partial charge in [-0.15, -0.1) is 0 Å². The zero-order valence-electron chi connectivity index (χ0n) is 11.2. The third-order valence-corrected chi connectivity index (χ3v) is 4.59. The minimum absolute atomic E-state index is 0.0543. The molecule has 2 nitrogen and oxygen atoms in total. The Kier molecular flexibility index (Phi) is 4.66. The van der Waals surface area contributed by atoms with Crippen molar-refractivity contribution in [2.45, 2.75) is 57.0 Å². The standard InChI is InChI=1S/C14H20F3NO/c1-18-10-3-2-4-11(18)8-9(7-10)13(19)6-5-12(15)14(16)17/h9-11H,2-8H2,1H3. The van der Waals surface area contributed by atoms with Gasteiger partial charge in [0.05, 0.1) is 0 Å². The third kappa shape index (κ3) is 3.38. The fraction of sp³-hybridized carbons (Fsp3) is 0.786. The van der Waals surface area contributed by atoms with Crippen molar-refractivity contribution in [2.24, 2.45) is 5.92 Å². The van der Waals surface area contributed by atoms with Gasteiger partial charge in [-0.3, -0.25) is 4.79 Å². The highest BCUT2D eigenvalue weighted by atomic mass is 19.3. The fourth-order valence-electron chi connectivity index (χ4n) is 3.41. The molecule has 2 rings (SSSR count). The van der Waals surface area contributed by atoms with Crippen LogP contribution >= 0.6 is 0 Å². The Bertz CT molecular complexity index is 365. The van der Waals surface area contributed by atoms with Crippen LogP contribution in [-0.2, 0) is 4.79 Å². The first-order chi connectivity index (χ1) is 8.99. The summed E-state index contributed by atoms with van der Waals surface area (Å²) in [6, 6.07) is 0.861. The number of rotatable bonds is 4. The molecule has 0 aromatic rings. The minimum atomic E-state index is -2.30. The molecule has 2 fully saturated rings. The molecule has 0 aliphatic carbocycles. The first-order valence-electron chi connectivity index (χ1n) is 6.93. The lowest BCUT2D eigenvalue weighted by Crippen LogP contribution is -2.51. The van der Waals surface area contributed by atoms with Crippen molar-refractivity contribution in [3.8, 4) is 0 Å². The fourth-order valence-corrected chi connectivity index (χ4v) is 3.41. The molecule has 2 aliphatic rings. The Morgan fingerprint density at radius 2 is 1.68 bits per heavy atom. The lowest BCUT2D eigenvalue weighted by atomic mass is 9.76. The van der Waals surface area contributed by atoms with Gasteiger partial charge in [-0.2, -0.15) is 8.78 Å². The summed E-state index contributed by atoms with van der Waals surface area (Å²) in [7, 11) is 2.09. The van der Waals surface area contributed by atoms with Crippen LogP contribution in [0.1, 0.15) is 44.9 Å². The van der Waals surface area contributed by atoms with Crippen molar-refractivity contribution in [2.75, 3.05) is 7.05 Å². The molecule has 0 N–H and O–H groups in total. The number of ketones is 1. The Balaban J connectivity index is 1.89. The molecule has 5 heteroatoms. The van der Waals surface area contributed by atoms with Crippen molar-refractivity contribution in [1.82, 2.24) is 4.90 Å². The number of allylic oxidation sites excluding steroid dienone is 1. The van der Waals surface area contributed by atoms with Gasteiger partial charge in [-0.25, -0.2) is 4.39 Å². The summed E-state index contributed by atoms with van der Waals surface area (Å²) in [5.41, 5.74) is 0. The van der Waals surface area contributed by atoms with Crippen LogP contribution in [0.25, 0.3) is 0 Å². The zero-order chi connectivity index (χ0) is 14.0. The summed E-state index contributed by atoms with van der Waals surface area (Å²) in [6.07, 6.45) is 2.15. The second kappa shape index (κ2) is 6.07. The van der Waals surface area contributed by atoms with Crippen LogP contribution in [0.3, 0.4) is 0 Å². The van der Waals surface area contributed by atoms with E-state index in [1.54, 1.807) is 0 Å². The van der Waals surface area contributed by atoms with Gasteiger partial charge in [0.2, 0.25) is 0 Å². The van der Waals surface area contributed by atoms with Crippen LogP contribution in [0, 0.1) is 5.92 Å². The number of carbonyl (C=O) groups is 1. The van der Waals surface area contributed by atoms with E-state index < -0.39 is 18.3 Å². The molecule has 2 bridgehead atoms. The van der Waals surface area contributed by atoms with Gasteiger partial charge in [0.1, 0.15) is 5.78 Å². The molecule has 0 aromatic carbocycles. The van der Waals surface area contributed by atoms with Gasteiger partial charge >= 0.3 is 6.08 Å². The predicted molar refractivity (Wildman–Crippen MR) is 66.5 cm³/mol. The van der Waals surface area contributed by atoms with E-state index in [9.17, 15) is 18.0 Å². The van der Waals surface area contributed by atoms with Crippen LogP contribution in [0.4, 0.5) is 13.2 Å². The van der Waals surface area contributed by atoms with Gasteiger partial charge < -0.3 is 4.90 Å². The average Bonchev–Trinajstić information content (AvgIpc) is 2.34. The number of piperidine rings is 2. The van der Waals surface area contributed by atoms with Crippen LogP contribution < -0.4 is 0 Å². The average molecular weight is 275 g/mol. The second-order valence-corrected chi connectivity index (χ2v) is 5.70. The quantitative estimate of drug-likeness (QED) is 0.780. The van der Waals surface area contributed by atoms with E-state index in [1.165, 1.54) is 6.42 Å². The maximum Gasteiger partial charge on any atom is 0.301 e. The van der Waals surface area contributed by atoms with E-state index in [0.29, 0.717) is 12.1 Å². The molecule has 0 saturated carbocycles. The topological polar surface area (TPSA) is 20.3 Å². The smallest absolute Gasteiger partial charge is 0.300 e. The Hall–Kier alpha value is -0.840. The maximum absolute atomic E-state index is 12.7. The predicted octanol–water partition coefficient (Wildman–Crippen LogP) is 3.68. The van der Waals surface area contributed by atoms with Crippen LogP contribution in [0.2, 0.25) is 0 Å². The summed E-state index contributed by atoms with van der Waals surface area (Å²) in [5, 5.41) is 0. The molecule has 0 spiro atoms. The number of hydrogen-bond acceptors (Lipinski definition) is 2. The van der Waals surface area contributed by atoms with Crippen molar-refractivity contribution in [1.29, 1.82) is 0 Å². The second-order valence-electron chi connectivity index (χ2n) is 5.70. The number of nitrogens with zero attached hydrogens (tertiary/aromatic N) is 1. The number of fused-ring (bicyclic) bond motifs is 2. The lowest BCUT2D eigenvalue weighted by molar-refractivity contribution is -0.126.